The van der Waals surface area contributed by atoms with E-state index in [1.807, 2.05) is 24.3 Å². The van der Waals surface area contributed by atoms with Gasteiger partial charge >= 0.3 is 5.97 Å². The Morgan fingerprint density at radius 3 is 2.55 bits per heavy atom. The maximum absolute atomic E-state index is 12.4. The first kappa shape index (κ1) is 20.5. The van der Waals surface area contributed by atoms with E-state index in [1.165, 1.54) is 24.8 Å². The van der Waals surface area contributed by atoms with Gasteiger partial charge in [-0.1, -0.05) is 26.0 Å². The lowest BCUT2D eigenvalue weighted by Crippen LogP contribution is -2.21. The number of ether oxygens (including phenoxy) is 4. The first-order chi connectivity index (χ1) is 14.0. The molecule has 0 spiro atoms. The Bertz CT molecular complexity index is 860. The smallest absolute Gasteiger partial charge is 0.338 e. The Balaban J connectivity index is 1.58. The molecule has 0 radical (unpaired) electrons. The number of benzene rings is 2. The minimum atomic E-state index is -0.650. The molecule has 1 heterocycles. The molecule has 1 N–H and O–H groups in total. The number of hydrogen-bond acceptors (Lipinski definition) is 6. The number of anilines is 1. The van der Waals surface area contributed by atoms with Gasteiger partial charge in [-0.15, -0.1) is 0 Å². The Morgan fingerprint density at radius 1 is 1.14 bits per heavy atom. The van der Waals surface area contributed by atoms with Crippen LogP contribution in [0, 0.1) is 0 Å². The van der Waals surface area contributed by atoms with Gasteiger partial charge in [0.2, 0.25) is 5.75 Å². The monoisotopic (exact) mass is 399 g/mol. The van der Waals surface area contributed by atoms with E-state index in [0.717, 1.165) is 6.42 Å². The molecule has 1 amide bonds. The highest BCUT2D eigenvalue weighted by Crippen LogP contribution is 2.40. The standard InChI is InChI=1S/C22H25NO6/c1-4-14(2)15-5-7-17(8-6-15)23-20(24)13-29-22(25)16-11-18(26-3)21-19(12-16)27-9-10-28-21/h5-8,11-12,14H,4,9-10,13H2,1-3H3,(H,23,24)/t14-/m1/s1. The van der Waals surface area contributed by atoms with E-state index in [9.17, 15) is 9.59 Å². The average molecular weight is 399 g/mol. The van der Waals surface area contributed by atoms with Crippen LogP contribution in [-0.2, 0) is 9.53 Å². The summed E-state index contributed by atoms with van der Waals surface area (Å²) < 4.78 is 21.4. The Labute approximate surface area is 169 Å². The second kappa shape index (κ2) is 9.32. The molecule has 7 nitrogen and oxygen atoms in total. The zero-order valence-corrected chi connectivity index (χ0v) is 16.8. The molecule has 0 bridgehead atoms. The van der Waals surface area contributed by atoms with Crippen molar-refractivity contribution in [1.29, 1.82) is 0 Å². The van der Waals surface area contributed by atoms with Crippen molar-refractivity contribution in [2.24, 2.45) is 0 Å². The first-order valence-electron chi connectivity index (χ1n) is 9.56. The molecule has 0 unspecified atom stereocenters. The molecule has 2 aromatic rings. The fourth-order valence-electron chi connectivity index (χ4n) is 2.93. The van der Waals surface area contributed by atoms with Crippen LogP contribution in [0.4, 0.5) is 5.69 Å². The van der Waals surface area contributed by atoms with E-state index in [4.69, 9.17) is 18.9 Å². The van der Waals surface area contributed by atoms with Crippen LogP contribution >= 0.6 is 0 Å². The zero-order valence-electron chi connectivity index (χ0n) is 16.8. The van der Waals surface area contributed by atoms with E-state index in [1.54, 1.807) is 0 Å². The highest BCUT2D eigenvalue weighted by Gasteiger charge is 2.22. The van der Waals surface area contributed by atoms with Crippen LogP contribution < -0.4 is 19.5 Å². The minimum absolute atomic E-state index is 0.219. The molecule has 0 aromatic heterocycles. The van der Waals surface area contributed by atoms with Crippen molar-refractivity contribution in [1.82, 2.24) is 0 Å². The van der Waals surface area contributed by atoms with E-state index in [2.05, 4.69) is 19.2 Å². The number of rotatable bonds is 7. The van der Waals surface area contributed by atoms with Gasteiger partial charge in [-0.25, -0.2) is 4.79 Å². The molecular formula is C22H25NO6. The predicted octanol–water partition coefficient (Wildman–Crippen LogP) is 3.78. The Morgan fingerprint density at radius 2 is 1.86 bits per heavy atom. The summed E-state index contributed by atoms with van der Waals surface area (Å²) in [6.07, 6.45) is 1.05. The number of fused-ring (bicyclic) bond motifs is 1. The molecule has 2 aromatic carbocycles. The Hall–Kier alpha value is -3.22. The van der Waals surface area contributed by atoms with Crippen LogP contribution in [0.15, 0.2) is 36.4 Å². The van der Waals surface area contributed by atoms with Crippen molar-refractivity contribution in [2.45, 2.75) is 26.2 Å². The lowest BCUT2D eigenvalue weighted by atomic mass is 9.99. The fraction of sp³-hybridized carbons (Fsp3) is 0.364. The molecule has 0 fully saturated rings. The van der Waals surface area contributed by atoms with Gasteiger partial charge in [0, 0.05) is 5.69 Å². The van der Waals surface area contributed by atoms with Gasteiger partial charge in [-0.05, 0) is 42.2 Å². The fourth-order valence-corrected chi connectivity index (χ4v) is 2.93. The van der Waals surface area contributed by atoms with E-state index < -0.39 is 18.5 Å². The normalized spacial score (nSPS) is 13.3. The highest BCUT2D eigenvalue weighted by atomic mass is 16.6. The molecule has 29 heavy (non-hydrogen) atoms. The molecule has 0 aliphatic carbocycles. The molecule has 1 aliphatic heterocycles. The lowest BCUT2D eigenvalue weighted by molar-refractivity contribution is -0.119. The van der Waals surface area contributed by atoms with Crippen LogP contribution in [0.3, 0.4) is 0 Å². The topological polar surface area (TPSA) is 83.1 Å². The number of amides is 1. The summed E-state index contributed by atoms with van der Waals surface area (Å²) >= 11 is 0. The number of carbonyl (C=O) groups excluding carboxylic acids is 2. The molecule has 154 valence electrons. The van der Waals surface area contributed by atoms with Crippen molar-refractivity contribution in [3.05, 3.63) is 47.5 Å². The van der Waals surface area contributed by atoms with Gasteiger partial charge in [-0.3, -0.25) is 4.79 Å². The number of methoxy groups -OCH3 is 1. The predicted molar refractivity (Wildman–Crippen MR) is 108 cm³/mol. The van der Waals surface area contributed by atoms with E-state index in [-0.39, 0.29) is 5.56 Å². The molecule has 0 saturated carbocycles. The number of carbonyl (C=O) groups is 2. The summed E-state index contributed by atoms with van der Waals surface area (Å²) in [5, 5.41) is 2.72. The summed E-state index contributed by atoms with van der Waals surface area (Å²) in [6, 6.07) is 10.7. The number of hydrogen-bond donors (Lipinski definition) is 1. The van der Waals surface area contributed by atoms with Crippen LogP contribution in [0.25, 0.3) is 0 Å². The summed E-state index contributed by atoms with van der Waals surface area (Å²) in [6.45, 7) is 4.67. The Kier molecular flexibility index (Phi) is 6.59. The lowest BCUT2D eigenvalue weighted by Gasteiger charge is -2.21. The van der Waals surface area contributed by atoms with Crippen LogP contribution in [0.5, 0.6) is 17.2 Å². The largest absolute Gasteiger partial charge is 0.493 e. The van der Waals surface area contributed by atoms with Gasteiger partial charge in [0.15, 0.2) is 18.1 Å². The SMILES string of the molecule is CC[C@@H](C)c1ccc(NC(=O)COC(=O)c2cc(OC)c3c(c2)OCCO3)cc1. The zero-order chi connectivity index (χ0) is 20.8. The van der Waals surface area contributed by atoms with Crippen molar-refractivity contribution < 1.29 is 28.5 Å². The van der Waals surface area contributed by atoms with Gasteiger partial charge in [-0.2, -0.15) is 0 Å². The average Bonchev–Trinajstić information content (AvgIpc) is 2.76. The van der Waals surface area contributed by atoms with Gasteiger partial charge in [0.1, 0.15) is 13.2 Å². The molecule has 7 heteroatoms. The van der Waals surface area contributed by atoms with E-state index >= 15 is 0 Å². The summed E-state index contributed by atoms with van der Waals surface area (Å²) in [4.78, 5) is 24.5. The van der Waals surface area contributed by atoms with Gasteiger partial charge in [0.05, 0.1) is 12.7 Å². The second-order valence-electron chi connectivity index (χ2n) is 6.76. The summed E-state index contributed by atoms with van der Waals surface area (Å²) in [5.74, 6) is 0.632. The van der Waals surface area contributed by atoms with Crippen LogP contribution in [0.2, 0.25) is 0 Å². The quantitative estimate of drug-likeness (QED) is 0.714. The number of nitrogens with one attached hydrogen (secondary N) is 1. The number of esters is 1. The van der Waals surface area contributed by atoms with E-state index in [0.29, 0.717) is 42.1 Å². The maximum Gasteiger partial charge on any atom is 0.338 e. The van der Waals surface area contributed by atoms with Crippen molar-refractivity contribution in [2.75, 3.05) is 32.2 Å². The van der Waals surface area contributed by atoms with Gasteiger partial charge < -0.3 is 24.3 Å². The van der Waals surface area contributed by atoms with Crippen molar-refractivity contribution in [3.8, 4) is 17.2 Å². The first-order valence-corrected chi connectivity index (χ1v) is 9.56. The third-order valence-corrected chi connectivity index (χ3v) is 4.77. The maximum atomic E-state index is 12.4. The van der Waals surface area contributed by atoms with Crippen LogP contribution in [-0.4, -0.2) is 38.8 Å². The summed E-state index contributed by atoms with van der Waals surface area (Å²) in [5.41, 5.74) is 2.08. The second-order valence-corrected chi connectivity index (χ2v) is 6.76. The molecule has 3 rings (SSSR count). The molecular weight excluding hydrogens is 374 g/mol. The molecule has 1 atom stereocenters. The minimum Gasteiger partial charge on any atom is -0.493 e. The molecule has 1 aliphatic rings. The van der Waals surface area contributed by atoms with Crippen LogP contribution in [0.1, 0.15) is 42.1 Å². The van der Waals surface area contributed by atoms with Crippen molar-refractivity contribution in [3.63, 3.8) is 0 Å². The highest BCUT2D eigenvalue weighted by molar-refractivity contribution is 5.96. The molecule has 0 saturated heterocycles. The third kappa shape index (κ3) is 4.99. The summed E-state index contributed by atoms with van der Waals surface area (Å²) in [7, 11) is 1.47. The van der Waals surface area contributed by atoms with Gasteiger partial charge in [0.25, 0.3) is 5.91 Å². The van der Waals surface area contributed by atoms with Crippen molar-refractivity contribution >= 4 is 17.6 Å². The third-order valence-electron chi connectivity index (χ3n) is 4.77.